The van der Waals surface area contributed by atoms with Crippen LogP contribution in [0.2, 0.25) is 0 Å². The summed E-state index contributed by atoms with van der Waals surface area (Å²) < 4.78 is 1.81. The number of ketones is 1. The van der Waals surface area contributed by atoms with Crippen molar-refractivity contribution in [1.29, 1.82) is 0 Å². The molecular formula is C12H17N3O. The minimum absolute atomic E-state index is 0.201. The Morgan fingerprint density at radius 1 is 1.56 bits per heavy atom. The van der Waals surface area contributed by atoms with Crippen molar-refractivity contribution in [3.05, 3.63) is 23.8 Å². The van der Waals surface area contributed by atoms with Gasteiger partial charge in [-0.25, -0.2) is 9.67 Å². The van der Waals surface area contributed by atoms with Gasteiger partial charge in [0.2, 0.25) is 0 Å². The molecule has 1 heterocycles. The molecule has 0 fully saturated rings. The standard InChI is InChI=1S/C12H17N3O/c1-9(2)15-12(13-8-14-15)7-11(16)10-5-3-4-6-10/h5,8-9H,3-4,6-7H2,1-2H3. The van der Waals surface area contributed by atoms with Crippen LogP contribution in [-0.2, 0) is 11.2 Å². The van der Waals surface area contributed by atoms with Crippen molar-refractivity contribution in [2.45, 2.75) is 45.6 Å². The monoisotopic (exact) mass is 219 g/mol. The molecular weight excluding hydrogens is 202 g/mol. The predicted octanol–water partition coefficient (Wildman–Crippen LogP) is 2.08. The van der Waals surface area contributed by atoms with E-state index < -0.39 is 0 Å². The van der Waals surface area contributed by atoms with Gasteiger partial charge in [0.25, 0.3) is 0 Å². The first-order chi connectivity index (χ1) is 7.68. The molecule has 0 aromatic carbocycles. The lowest BCUT2D eigenvalue weighted by molar-refractivity contribution is -0.115. The molecule has 0 amide bonds. The van der Waals surface area contributed by atoms with Crippen molar-refractivity contribution in [3.8, 4) is 0 Å². The van der Waals surface area contributed by atoms with E-state index in [0.29, 0.717) is 6.42 Å². The Bertz CT molecular complexity index is 418. The number of allylic oxidation sites excluding steroid dienone is 2. The fourth-order valence-corrected chi connectivity index (χ4v) is 2.01. The molecule has 16 heavy (non-hydrogen) atoms. The van der Waals surface area contributed by atoms with Crippen LogP contribution in [0.1, 0.15) is 45.0 Å². The van der Waals surface area contributed by atoms with Crippen LogP contribution in [0.4, 0.5) is 0 Å². The highest BCUT2D eigenvalue weighted by Gasteiger charge is 2.17. The van der Waals surface area contributed by atoms with Crippen molar-refractivity contribution in [2.75, 3.05) is 0 Å². The number of hydrogen-bond donors (Lipinski definition) is 0. The lowest BCUT2D eigenvalue weighted by Crippen LogP contribution is -2.13. The van der Waals surface area contributed by atoms with Crippen LogP contribution in [-0.4, -0.2) is 20.5 Å². The van der Waals surface area contributed by atoms with Crippen LogP contribution in [0.3, 0.4) is 0 Å². The Labute approximate surface area is 95.4 Å². The maximum Gasteiger partial charge on any atom is 0.166 e. The van der Waals surface area contributed by atoms with E-state index in [1.807, 2.05) is 18.5 Å². The highest BCUT2D eigenvalue weighted by molar-refractivity contribution is 5.96. The number of aromatic nitrogens is 3. The summed E-state index contributed by atoms with van der Waals surface area (Å²) in [6.45, 7) is 4.08. The summed E-state index contributed by atoms with van der Waals surface area (Å²) in [6, 6.07) is 0.253. The molecule has 1 aromatic heterocycles. The molecule has 86 valence electrons. The molecule has 1 aromatic rings. The molecule has 1 aliphatic rings. The van der Waals surface area contributed by atoms with E-state index in [1.54, 1.807) is 0 Å². The third-order valence-electron chi connectivity index (χ3n) is 2.85. The average molecular weight is 219 g/mol. The Morgan fingerprint density at radius 2 is 2.38 bits per heavy atom. The Hall–Kier alpha value is -1.45. The topological polar surface area (TPSA) is 47.8 Å². The van der Waals surface area contributed by atoms with Gasteiger partial charge in [-0.2, -0.15) is 5.10 Å². The van der Waals surface area contributed by atoms with Gasteiger partial charge >= 0.3 is 0 Å². The van der Waals surface area contributed by atoms with Gasteiger partial charge < -0.3 is 0 Å². The lowest BCUT2D eigenvalue weighted by atomic mass is 10.1. The predicted molar refractivity (Wildman–Crippen MR) is 61.1 cm³/mol. The van der Waals surface area contributed by atoms with Gasteiger partial charge in [-0.15, -0.1) is 0 Å². The number of Topliss-reactive ketones (excluding diaryl/α,β-unsaturated/α-hetero) is 1. The zero-order valence-electron chi connectivity index (χ0n) is 9.81. The SMILES string of the molecule is CC(C)n1ncnc1CC(=O)C1=CCCC1. The summed E-state index contributed by atoms with van der Waals surface area (Å²) in [5, 5.41) is 4.13. The van der Waals surface area contributed by atoms with Crippen molar-refractivity contribution in [2.24, 2.45) is 0 Å². The van der Waals surface area contributed by atoms with Crippen LogP contribution < -0.4 is 0 Å². The van der Waals surface area contributed by atoms with Gasteiger partial charge in [0.05, 0.1) is 6.42 Å². The van der Waals surface area contributed by atoms with Crippen molar-refractivity contribution in [1.82, 2.24) is 14.8 Å². The molecule has 4 nitrogen and oxygen atoms in total. The number of hydrogen-bond acceptors (Lipinski definition) is 3. The molecule has 0 unspecified atom stereocenters. The molecule has 0 saturated heterocycles. The van der Waals surface area contributed by atoms with Crippen LogP contribution >= 0.6 is 0 Å². The number of carbonyl (C=O) groups excluding carboxylic acids is 1. The maximum atomic E-state index is 11.9. The molecule has 0 atom stereocenters. The normalized spacial score (nSPS) is 15.6. The van der Waals surface area contributed by atoms with Crippen LogP contribution in [0.25, 0.3) is 0 Å². The fourth-order valence-electron chi connectivity index (χ4n) is 2.01. The van der Waals surface area contributed by atoms with Crippen molar-refractivity contribution < 1.29 is 4.79 Å². The summed E-state index contributed by atoms with van der Waals surface area (Å²) >= 11 is 0. The summed E-state index contributed by atoms with van der Waals surface area (Å²) in [5.41, 5.74) is 0.971. The molecule has 0 spiro atoms. The number of carbonyl (C=O) groups is 1. The second-order valence-electron chi connectivity index (χ2n) is 4.44. The molecule has 0 aliphatic heterocycles. The zero-order valence-corrected chi connectivity index (χ0v) is 9.81. The third kappa shape index (κ3) is 2.21. The van der Waals surface area contributed by atoms with Crippen LogP contribution in [0.15, 0.2) is 18.0 Å². The van der Waals surface area contributed by atoms with Gasteiger partial charge in [0, 0.05) is 6.04 Å². The second kappa shape index (κ2) is 4.60. The van der Waals surface area contributed by atoms with Crippen LogP contribution in [0.5, 0.6) is 0 Å². The van der Waals surface area contributed by atoms with Crippen molar-refractivity contribution in [3.63, 3.8) is 0 Å². The number of nitrogens with zero attached hydrogens (tertiary/aromatic N) is 3. The molecule has 1 aliphatic carbocycles. The Balaban J connectivity index is 2.08. The zero-order chi connectivity index (χ0) is 11.5. The average Bonchev–Trinajstić information content (AvgIpc) is 2.86. The highest BCUT2D eigenvalue weighted by atomic mass is 16.1. The quantitative estimate of drug-likeness (QED) is 0.779. The van der Waals surface area contributed by atoms with Crippen LogP contribution in [0, 0.1) is 0 Å². The van der Waals surface area contributed by atoms with E-state index in [9.17, 15) is 4.79 Å². The molecule has 0 saturated carbocycles. The molecule has 2 rings (SSSR count). The van der Waals surface area contributed by atoms with Gasteiger partial charge in [-0.05, 0) is 38.7 Å². The highest BCUT2D eigenvalue weighted by Crippen LogP contribution is 2.19. The Kier molecular flexibility index (Phi) is 3.17. The first-order valence-electron chi connectivity index (χ1n) is 5.79. The van der Waals surface area contributed by atoms with Gasteiger partial charge in [0.1, 0.15) is 12.2 Å². The van der Waals surface area contributed by atoms with Crippen molar-refractivity contribution >= 4 is 5.78 Å². The smallest absolute Gasteiger partial charge is 0.166 e. The minimum Gasteiger partial charge on any atom is -0.294 e. The van der Waals surface area contributed by atoms with E-state index in [4.69, 9.17) is 0 Å². The maximum absolute atomic E-state index is 11.9. The molecule has 4 heteroatoms. The summed E-state index contributed by atoms with van der Waals surface area (Å²) in [7, 11) is 0. The summed E-state index contributed by atoms with van der Waals surface area (Å²) in [5.74, 6) is 0.972. The van der Waals surface area contributed by atoms with Gasteiger partial charge in [0.15, 0.2) is 5.78 Å². The van der Waals surface area contributed by atoms with E-state index in [2.05, 4.69) is 16.2 Å². The first-order valence-corrected chi connectivity index (χ1v) is 5.79. The Morgan fingerprint density at radius 3 is 3.00 bits per heavy atom. The second-order valence-corrected chi connectivity index (χ2v) is 4.44. The number of rotatable bonds is 4. The summed E-state index contributed by atoms with van der Waals surface area (Å²) in [6.07, 6.45) is 7.03. The summed E-state index contributed by atoms with van der Waals surface area (Å²) in [4.78, 5) is 16.1. The lowest BCUT2D eigenvalue weighted by Gasteiger charge is -2.08. The van der Waals surface area contributed by atoms with E-state index in [1.165, 1.54) is 6.33 Å². The fraction of sp³-hybridized carbons (Fsp3) is 0.583. The largest absolute Gasteiger partial charge is 0.294 e. The minimum atomic E-state index is 0.201. The van der Waals surface area contributed by atoms with E-state index in [0.717, 1.165) is 30.7 Å². The first kappa shape index (κ1) is 11.0. The van der Waals surface area contributed by atoms with E-state index in [-0.39, 0.29) is 11.8 Å². The van der Waals surface area contributed by atoms with Gasteiger partial charge in [-0.3, -0.25) is 4.79 Å². The molecule has 0 bridgehead atoms. The molecule has 0 radical (unpaired) electrons. The molecule has 0 N–H and O–H groups in total. The van der Waals surface area contributed by atoms with E-state index >= 15 is 0 Å². The van der Waals surface area contributed by atoms with Gasteiger partial charge in [-0.1, -0.05) is 6.08 Å². The third-order valence-corrected chi connectivity index (χ3v) is 2.85.